The van der Waals surface area contributed by atoms with Crippen LogP contribution in [0.2, 0.25) is 0 Å². The van der Waals surface area contributed by atoms with E-state index in [-0.39, 0.29) is 33.9 Å². The Bertz CT molecular complexity index is 1460. The smallest absolute Gasteiger partial charge is 0.410 e. The number of carbonyl (C=O) groups is 2. The van der Waals surface area contributed by atoms with Crippen LogP contribution in [0.4, 0.5) is 29.7 Å². The predicted molar refractivity (Wildman–Crippen MR) is 141 cm³/mol. The minimum absolute atomic E-state index is 0.0213. The van der Waals surface area contributed by atoms with E-state index in [0.717, 1.165) is 34.4 Å². The molecule has 2 N–H and O–H groups in total. The second-order valence-electron chi connectivity index (χ2n) is 10.0. The molecule has 2 atom stereocenters. The van der Waals surface area contributed by atoms with Gasteiger partial charge < -0.3 is 15.4 Å². The summed E-state index contributed by atoms with van der Waals surface area (Å²) < 4.78 is 48.4. The number of hydrogen-bond donors (Lipinski definition) is 2. The van der Waals surface area contributed by atoms with Crippen molar-refractivity contribution in [2.45, 2.75) is 70.3 Å². The van der Waals surface area contributed by atoms with Crippen molar-refractivity contribution < 1.29 is 32.4 Å². The van der Waals surface area contributed by atoms with E-state index in [1.165, 1.54) is 41.7 Å². The number of esters is 1. The maximum atomic E-state index is 14.1. The molecule has 0 unspecified atom stereocenters. The lowest BCUT2D eigenvalue weighted by Gasteiger charge is -2.33. The first kappa shape index (κ1) is 27.6. The van der Waals surface area contributed by atoms with Gasteiger partial charge in [-0.1, -0.05) is 12.1 Å². The van der Waals surface area contributed by atoms with Crippen LogP contribution < -0.4 is 10.6 Å². The van der Waals surface area contributed by atoms with Gasteiger partial charge in [-0.15, -0.1) is 11.3 Å². The van der Waals surface area contributed by atoms with Crippen molar-refractivity contribution in [3.8, 4) is 0 Å². The number of nitrogens with zero attached hydrogens (tertiary/aromatic N) is 3. The molecule has 1 aromatic carbocycles. The molecule has 3 aromatic rings. The van der Waals surface area contributed by atoms with E-state index in [1.54, 1.807) is 13.8 Å². The van der Waals surface area contributed by atoms with E-state index >= 15 is 0 Å². The van der Waals surface area contributed by atoms with Gasteiger partial charge >= 0.3 is 12.1 Å². The topological polar surface area (TPSA) is 128 Å². The van der Waals surface area contributed by atoms with Crippen molar-refractivity contribution >= 4 is 39.7 Å². The van der Waals surface area contributed by atoms with E-state index in [9.17, 15) is 32.9 Å². The number of carbonyl (C=O) groups excluding carboxylic acids is 2. The molecule has 10 nitrogen and oxygen atoms in total. The zero-order valence-corrected chi connectivity index (χ0v) is 22.4. The van der Waals surface area contributed by atoms with Crippen LogP contribution in [0.1, 0.15) is 82.0 Å². The molecule has 14 heteroatoms. The van der Waals surface area contributed by atoms with E-state index in [4.69, 9.17) is 4.74 Å². The number of nitro benzene ring substituents is 1. The molecule has 40 heavy (non-hydrogen) atoms. The Labute approximate surface area is 230 Å². The lowest BCUT2D eigenvalue weighted by Crippen LogP contribution is -2.35. The normalized spacial score (nSPS) is 18.4. The first-order chi connectivity index (χ1) is 18.9. The molecule has 0 bridgehead atoms. The molecule has 3 heterocycles. The number of rotatable bonds is 6. The minimum Gasteiger partial charge on any atom is -0.459 e. The van der Waals surface area contributed by atoms with Crippen LogP contribution in [0, 0.1) is 10.1 Å². The lowest BCUT2D eigenvalue weighted by atomic mass is 9.95. The largest absolute Gasteiger partial charge is 0.459 e. The van der Waals surface area contributed by atoms with Crippen molar-refractivity contribution in [2.75, 3.05) is 10.6 Å². The zero-order valence-electron chi connectivity index (χ0n) is 21.6. The van der Waals surface area contributed by atoms with Crippen molar-refractivity contribution in [1.29, 1.82) is 0 Å². The Morgan fingerprint density at radius 2 is 1.93 bits per heavy atom. The van der Waals surface area contributed by atoms with Gasteiger partial charge in [0.1, 0.15) is 10.8 Å². The number of aromatic nitrogens is 2. The summed E-state index contributed by atoms with van der Waals surface area (Å²) in [5.74, 6) is -1.33. The van der Waals surface area contributed by atoms with Crippen molar-refractivity contribution in [1.82, 2.24) is 9.78 Å². The Kier molecular flexibility index (Phi) is 7.29. The third-order valence-electron chi connectivity index (χ3n) is 6.87. The molecule has 2 aromatic heterocycles. The van der Waals surface area contributed by atoms with E-state index < -0.39 is 41.5 Å². The molecule has 0 saturated carbocycles. The first-order valence-corrected chi connectivity index (χ1v) is 13.6. The van der Waals surface area contributed by atoms with Crippen LogP contribution in [0.3, 0.4) is 0 Å². The van der Waals surface area contributed by atoms with Gasteiger partial charge in [-0.25, -0.2) is 9.48 Å². The number of non-ortho nitro benzene ring substituents is 1. The van der Waals surface area contributed by atoms with Crippen LogP contribution in [0.15, 0.2) is 30.3 Å². The van der Waals surface area contributed by atoms with E-state index in [0.29, 0.717) is 12.0 Å². The highest BCUT2D eigenvalue weighted by atomic mass is 32.1. The van der Waals surface area contributed by atoms with Crippen LogP contribution in [-0.4, -0.2) is 38.9 Å². The number of anilines is 2. The van der Waals surface area contributed by atoms with Gasteiger partial charge in [-0.05, 0) is 50.7 Å². The molecular formula is C26H26F3N5O5S. The number of nitro groups is 1. The minimum atomic E-state index is -4.67. The van der Waals surface area contributed by atoms with Gasteiger partial charge in [0, 0.05) is 29.5 Å². The molecule has 212 valence electrons. The molecule has 1 aliphatic carbocycles. The van der Waals surface area contributed by atoms with Crippen molar-refractivity contribution in [3.63, 3.8) is 0 Å². The third kappa shape index (κ3) is 5.40. The molecule has 0 saturated heterocycles. The zero-order chi connectivity index (χ0) is 28.8. The van der Waals surface area contributed by atoms with Crippen molar-refractivity contribution in [3.05, 3.63) is 67.7 Å². The second-order valence-corrected chi connectivity index (χ2v) is 11.1. The number of nitrogens with one attached hydrogen (secondary N) is 2. The lowest BCUT2D eigenvalue weighted by molar-refractivity contribution is -0.384. The summed E-state index contributed by atoms with van der Waals surface area (Å²) in [5.41, 5.74) is 1.12. The molecule has 0 spiro atoms. The highest BCUT2D eigenvalue weighted by Gasteiger charge is 2.47. The summed E-state index contributed by atoms with van der Waals surface area (Å²) in [6, 6.07) is 3.63. The van der Waals surface area contributed by atoms with Gasteiger partial charge in [-0.2, -0.15) is 18.3 Å². The number of amides is 1. The molecule has 1 aliphatic heterocycles. The quantitative estimate of drug-likeness (QED) is 0.203. The number of aryl methyl sites for hydroxylation is 1. The maximum Gasteiger partial charge on any atom is 0.410 e. The monoisotopic (exact) mass is 577 g/mol. The van der Waals surface area contributed by atoms with Gasteiger partial charge in [0.2, 0.25) is 0 Å². The number of alkyl halides is 3. The van der Waals surface area contributed by atoms with Gasteiger partial charge in [0.25, 0.3) is 11.6 Å². The summed E-state index contributed by atoms with van der Waals surface area (Å²) in [6.07, 6.45) is -2.19. The number of thiophene rings is 1. The highest BCUT2D eigenvalue weighted by molar-refractivity contribution is 7.17. The van der Waals surface area contributed by atoms with E-state index in [2.05, 4.69) is 15.7 Å². The second kappa shape index (κ2) is 10.6. The third-order valence-corrected chi connectivity index (χ3v) is 8.08. The standard InChI is InChI=1S/C26H26F3N5O5S/c1-13(2)39-25(36)22-16-5-3-4-6-19(16)40-24(22)31-23(35)18-12-21-30-17(11-20(26(27,28)29)33(21)32-18)14-7-9-15(10-8-14)34(37)38/h7-10,12-13,17,20,30H,3-6,11H2,1-2H3,(H,31,35)/t17-,20+/m1/s1. The molecular weight excluding hydrogens is 551 g/mol. The van der Waals surface area contributed by atoms with Gasteiger partial charge in [0.15, 0.2) is 11.7 Å². The number of benzene rings is 1. The van der Waals surface area contributed by atoms with Crippen LogP contribution in [0.25, 0.3) is 0 Å². The van der Waals surface area contributed by atoms with Gasteiger partial charge in [0.05, 0.1) is 22.6 Å². The SMILES string of the molecule is CC(C)OC(=O)c1c(NC(=O)c2cc3n(n2)[C@H](C(F)(F)F)C[C@H](c2ccc([N+](=O)[O-])cc2)N3)sc2c1CCCC2. The molecule has 2 aliphatic rings. The van der Waals surface area contributed by atoms with Crippen LogP contribution in [0.5, 0.6) is 0 Å². The van der Waals surface area contributed by atoms with Crippen LogP contribution >= 0.6 is 11.3 Å². The number of halogens is 3. The molecule has 1 amide bonds. The number of ether oxygens (including phenoxy) is 1. The summed E-state index contributed by atoms with van der Waals surface area (Å²) in [5, 5.41) is 20.9. The number of hydrogen-bond acceptors (Lipinski definition) is 8. The predicted octanol–water partition coefficient (Wildman–Crippen LogP) is 6.21. The van der Waals surface area contributed by atoms with Gasteiger partial charge in [-0.3, -0.25) is 14.9 Å². The van der Waals surface area contributed by atoms with Crippen molar-refractivity contribution in [2.24, 2.45) is 0 Å². The average molecular weight is 578 g/mol. The van der Waals surface area contributed by atoms with Crippen LogP contribution in [-0.2, 0) is 17.6 Å². The fourth-order valence-electron chi connectivity index (χ4n) is 5.04. The fourth-order valence-corrected chi connectivity index (χ4v) is 6.31. The summed E-state index contributed by atoms with van der Waals surface area (Å²) in [6.45, 7) is 3.44. The summed E-state index contributed by atoms with van der Waals surface area (Å²) in [4.78, 5) is 37.5. The Morgan fingerprint density at radius 1 is 1.23 bits per heavy atom. The molecule has 5 rings (SSSR count). The average Bonchev–Trinajstić information content (AvgIpc) is 3.48. The first-order valence-electron chi connectivity index (χ1n) is 12.8. The Balaban J connectivity index is 1.44. The highest BCUT2D eigenvalue weighted by Crippen LogP contribution is 2.44. The maximum absolute atomic E-state index is 14.1. The summed E-state index contributed by atoms with van der Waals surface area (Å²) >= 11 is 1.27. The summed E-state index contributed by atoms with van der Waals surface area (Å²) in [7, 11) is 0. The number of fused-ring (bicyclic) bond motifs is 2. The Hall–Kier alpha value is -3.94. The molecule has 0 fully saturated rings. The molecule has 0 radical (unpaired) electrons. The fraction of sp³-hybridized carbons (Fsp3) is 0.423. The van der Waals surface area contributed by atoms with E-state index in [1.807, 2.05) is 0 Å². The Morgan fingerprint density at radius 3 is 2.58 bits per heavy atom.